The zero-order valence-corrected chi connectivity index (χ0v) is 10.4. The summed E-state index contributed by atoms with van der Waals surface area (Å²) in [5, 5.41) is 11.3. The number of hydrogen-bond donors (Lipinski definition) is 2. The van der Waals surface area contributed by atoms with E-state index in [1.54, 1.807) is 6.92 Å². The van der Waals surface area contributed by atoms with E-state index in [1.807, 2.05) is 0 Å². The molecule has 0 aliphatic heterocycles. The maximum Gasteiger partial charge on any atom is 0.397 e. The smallest absolute Gasteiger partial charge is 0.397 e. The van der Waals surface area contributed by atoms with E-state index in [0.717, 1.165) is 0 Å². The predicted octanol–water partition coefficient (Wildman–Crippen LogP) is 0.895. The Kier molecular flexibility index (Phi) is 4.87. The summed E-state index contributed by atoms with van der Waals surface area (Å²) in [6, 6.07) is 4.28. The molecule has 0 spiro atoms. The third kappa shape index (κ3) is 3.44. The number of benzene rings is 1. The molecule has 0 unspecified atom stereocenters. The zero-order chi connectivity index (χ0) is 14.4. The molecule has 1 rings (SSSR count). The van der Waals surface area contributed by atoms with Crippen LogP contribution in [-0.4, -0.2) is 36.7 Å². The summed E-state index contributed by atoms with van der Waals surface area (Å²) in [6.45, 7) is 1.61. The predicted molar refractivity (Wildman–Crippen MR) is 65.2 cm³/mol. The highest BCUT2D eigenvalue weighted by Crippen LogP contribution is 2.26. The van der Waals surface area contributed by atoms with Gasteiger partial charge in [-0.25, -0.2) is 9.59 Å². The summed E-state index contributed by atoms with van der Waals surface area (Å²) in [6.07, 6.45) is 0. The van der Waals surface area contributed by atoms with E-state index in [4.69, 9.17) is 9.84 Å². The molecular formula is C12H13NO6. The lowest BCUT2D eigenvalue weighted by Gasteiger charge is -2.11. The van der Waals surface area contributed by atoms with Crippen LogP contribution < -0.4 is 10.1 Å². The van der Waals surface area contributed by atoms with Crippen molar-refractivity contribution in [2.45, 2.75) is 6.92 Å². The molecule has 1 amide bonds. The average molecular weight is 267 g/mol. The van der Waals surface area contributed by atoms with Crippen LogP contribution in [0.2, 0.25) is 0 Å². The Balaban J connectivity index is 3.04. The van der Waals surface area contributed by atoms with E-state index in [9.17, 15) is 14.4 Å². The van der Waals surface area contributed by atoms with Crippen LogP contribution in [0.25, 0.3) is 0 Å². The van der Waals surface area contributed by atoms with Gasteiger partial charge in [0, 0.05) is 0 Å². The topological polar surface area (TPSA) is 102 Å². The number of nitrogens with one attached hydrogen (secondary N) is 1. The number of amides is 1. The first-order valence-corrected chi connectivity index (χ1v) is 5.39. The van der Waals surface area contributed by atoms with Crippen LogP contribution in [0, 0.1) is 0 Å². The molecule has 19 heavy (non-hydrogen) atoms. The Labute approximate surface area is 109 Å². The molecule has 0 atom stereocenters. The molecule has 0 saturated heterocycles. The van der Waals surface area contributed by atoms with Crippen LogP contribution in [0.4, 0.5) is 5.69 Å². The highest BCUT2D eigenvalue weighted by atomic mass is 16.5. The molecule has 0 fully saturated rings. The Morgan fingerprint density at radius 1 is 1.32 bits per heavy atom. The van der Waals surface area contributed by atoms with E-state index in [-0.39, 0.29) is 23.6 Å². The SMILES string of the molecule is CCOC(=O)C(=O)Nc1cccc(OC)c1C(=O)O. The minimum absolute atomic E-state index is 0.0371. The first-order valence-electron chi connectivity index (χ1n) is 5.39. The highest BCUT2D eigenvalue weighted by molar-refractivity contribution is 6.37. The molecule has 0 heterocycles. The number of carbonyl (C=O) groups is 3. The first-order chi connectivity index (χ1) is 9.01. The number of rotatable bonds is 4. The van der Waals surface area contributed by atoms with E-state index < -0.39 is 17.8 Å². The van der Waals surface area contributed by atoms with Crippen LogP contribution in [0.1, 0.15) is 17.3 Å². The van der Waals surface area contributed by atoms with Crippen LogP contribution in [0.15, 0.2) is 18.2 Å². The van der Waals surface area contributed by atoms with Crippen molar-refractivity contribution in [3.05, 3.63) is 23.8 Å². The summed E-state index contributed by atoms with van der Waals surface area (Å²) in [4.78, 5) is 33.8. The standard InChI is InChI=1S/C12H13NO6/c1-3-19-12(17)10(14)13-7-5-4-6-8(18-2)9(7)11(15)16/h4-6H,3H2,1-2H3,(H,13,14)(H,15,16). The average Bonchev–Trinajstić information content (AvgIpc) is 2.38. The monoisotopic (exact) mass is 267 g/mol. The van der Waals surface area contributed by atoms with Gasteiger partial charge < -0.3 is 19.9 Å². The maximum absolute atomic E-state index is 11.5. The fourth-order valence-corrected chi connectivity index (χ4v) is 1.40. The summed E-state index contributed by atoms with van der Waals surface area (Å²) >= 11 is 0. The summed E-state index contributed by atoms with van der Waals surface area (Å²) in [7, 11) is 1.30. The Hall–Kier alpha value is -2.57. The van der Waals surface area contributed by atoms with Crippen LogP contribution >= 0.6 is 0 Å². The molecule has 102 valence electrons. The number of carboxylic acids is 1. The molecule has 0 saturated carbocycles. The second-order valence-electron chi connectivity index (χ2n) is 3.36. The van der Waals surface area contributed by atoms with Crippen molar-refractivity contribution in [2.24, 2.45) is 0 Å². The van der Waals surface area contributed by atoms with Crippen molar-refractivity contribution >= 4 is 23.5 Å². The van der Waals surface area contributed by atoms with Crippen molar-refractivity contribution < 1.29 is 29.0 Å². The van der Waals surface area contributed by atoms with Gasteiger partial charge in [-0.3, -0.25) is 4.79 Å². The van der Waals surface area contributed by atoms with Gasteiger partial charge in [0.25, 0.3) is 0 Å². The molecule has 1 aromatic carbocycles. The van der Waals surface area contributed by atoms with Gasteiger partial charge in [-0.15, -0.1) is 0 Å². The molecule has 0 aliphatic rings. The van der Waals surface area contributed by atoms with Gasteiger partial charge in [-0.1, -0.05) is 6.07 Å². The van der Waals surface area contributed by atoms with Crippen LogP contribution in [0.5, 0.6) is 5.75 Å². The van der Waals surface area contributed by atoms with Crippen molar-refractivity contribution in [1.29, 1.82) is 0 Å². The number of esters is 1. The molecule has 1 aromatic rings. The minimum Gasteiger partial charge on any atom is -0.496 e. The minimum atomic E-state index is -1.28. The summed E-state index contributed by atoms with van der Waals surface area (Å²) in [5.74, 6) is -3.33. The number of ether oxygens (including phenoxy) is 2. The molecule has 0 aliphatic carbocycles. The van der Waals surface area contributed by atoms with E-state index in [0.29, 0.717) is 0 Å². The maximum atomic E-state index is 11.5. The molecule has 0 radical (unpaired) electrons. The van der Waals surface area contributed by atoms with Gasteiger partial charge in [-0.2, -0.15) is 0 Å². The van der Waals surface area contributed by atoms with Crippen LogP contribution in [-0.2, 0) is 14.3 Å². The number of anilines is 1. The van der Waals surface area contributed by atoms with Crippen molar-refractivity contribution in [2.75, 3.05) is 19.0 Å². The lowest BCUT2D eigenvalue weighted by Crippen LogP contribution is -2.26. The Morgan fingerprint density at radius 3 is 2.53 bits per heavy atom. The molecular weight excluding hydrogens is 254 g/mol. The van der Waals surface area contributed by atoms with Gasteiger partial charge in [0.15, 0.2) is 0 Å². The lowest BCUT2D eigenvalue weighted by molar-refractivity contribution is -0.152. The van der Waals surface area contributed by atoms with Crippen LogP contribution in [0.3, 0.4) is 0 Å². The fraction of sp³-hybridized carbons (Fsp3) is 0.250. The molecule has 2 N–H and O–H groups in total. The van der Waals surface area contributed by atoms with Gasteiger partial charge in [0.1, 0.15) is 11.3 Å². The molecule has 7 heteroatoms. The van der Waals surface area contributed by atoms with E-state index >= 15 is 0 Å². The van der Waals surface area contributed by atoms with Gasteiger partial charge >= 0.3 is 17.8 Å². The lowest BCUT2D eigenvalue weighted by atomic mass is 10.1. The summed E-state index contributed by atoms with van der Waals surface area (Å²) in [5.41, 5.74) is -0.271. The third-order valence-electron chi connectivity index (χ3n) is 2.17. The zero-order valence-electron chi connectivity index (χ0n) is 10.4. The second-order valence-corrected chi connectivity index (χ2v) is 3.36. The van der Waals surface area contributed by atoms with Gasteiger partial charge in [0.2, 0.25) is 0 Å². The fourth-order valence-electron chi connectivity index (χ4n) is 1.40. The molecule has 7 nitrogen and oxygen atoms in total. The summed E-state index contributed by atoms with van der Waals surface area (Å²) < 4.78 is 9.39. The number of carboxylic acid groups (broad SMARTS) is 1. The number of hydrogen-bond acceptors (Lipinski definition) is 5. The first kappa shape index (κ1) is 14.5. The van der Waals surface area contributed by atoms with Crippen molar-refractivity contribution in [3.8, 4) is 5.75 Å². The third-order valence-corrected chi connectivity index (χ3v) is 2.17. The highest BCUT2D eigenvalue weighted by Gasteiger charge is 2.21. The number of aromatic carboxylic acids is 1. The van der Waals surface area contributed by atoms with Gasteiger partial charge in [-0.05, 0) is 19.1 Å². The Bertz CT molecular complexity index is 511. The molecule has 0 bridgehead atoms. The number of methoxy groups -OCH3 is 1. The largest absolute Gasteiger partial charge is 0.496 e. The van der Waals surface area contributed by atoms with E-state index in [1.165, 1.54) is 25.3 Å². The Morgan fingerprint density at radius 2 is 2.00 bits per heavy atom. The quantitative estimate of drug-likeness (QED) is 0.620. The van der Waals surface area contributed by atoms with Gasteiger partial charge in [0.05, 0.1) is 19.4 Å². The normalized spacial score (nSPS) is 9.58. The van der Waals surface area contributed by atoms with Crippen molar-refractivity contribution in [3.63, 3.8) is 0 Å². The second kappa shape index (κ2) is 6.39. The molecule has 0 aromatic heterocycles. The van der Waals surface area contributed by atoms with E-state index in [2.05, 4.69) is 10.1 Å². The number of carbonyl (C=O) groups excluding carboxylic acids is 2. The van der Waals surface area contributed by atoms with Crippen molar-refractivity contribution in [1.82, 2.24) is 0 Å².